The molecule has 0 N–H and O–H groups in total. The van der Waals surface area contributed by atoms with Gasteiger partial charge in [0.15, 0.2) is 0 Å². The van der Waals surface area contributed by atoms with Gasteiger partial charge in [0.05, 0.1) is 7.11 Å². The molecule has 5 aliphatic carbocycles. The second kappa shape index (κ2) is 5.49. The van der Waals surface area contributed by atoms with Crippen molar-refractivity contribution < 1.29 is 9.53 Å². The Labute approximate surface area is 140 Å². The van der Waals surface area contributed by atoms with E-state index in [4.69, 9.17) is 0 Å². The number of hydrogen-bond donors (Lipinski definition) is 0. The first-order valence-corrected chi connectivity index (χ1v) is 10.4. The van der Waals surface area contributed by atoms with Crippen LogP contribution in [-0.2, 0) is 9.53 Å². The Balaban J connectivity index is 0.969. The highest BCUT2D eigenvalue weighted by Gasteiger charge is 2.79. The molecule has 0 spiro atoms. The second-order valence-corrected chi connectivity index (χ2v) is 9.33. The third-order valence-electron chi connectivity index (χ3n) is 8.89. The highest BCUT2D eigenvalue weighted by atomic mass is 16.5. The maximum absolute atomic E-state index is 11.1. The van der Waals surface area contributed by atoms with Crippen LogP contribution in [0.5, 0.6) is 0 Å². The molecule has 0 amide bonds. The molecule has 0 aromatic heterocycles. The molecule has 2 nitrogen and oxygen atoms in total. The summed E-state index contributed by atoms with van der Waals surface area (Å²) in [7, 11) is 1.48. The van der Waals surface area contributed by atoms with Crippen molar-refractivity contribution in [2.45, 2.75) is 64.2 Å². The summed E-state index contributed by atoms with van der Waals surface area (Å²) in [6.45, 7) is 0. The van der Waals surface area contributed by atoms with E-state index in [9.17, 15) is 4.79 Å². The van der Waals surface area contributed by atoms with Gasteiger partial charge in [-0.05, 0) is 78.9 Å². The van der Waals surface area contributed by atoms with E-state index in [1.807, 2.05) is 0 Å². The van der Waals surface area contributed by atoms with Crippen LogP contribution in [0.2, 0.25) is 0 Å². The van der Waals surface area contributed by atoms with Gasteiger partial charge < -0.3 is 4.74 Å². The summed E-state index contributed by atoms with van der Waals surface area (Å²) in [6.07, 6.45) is 13.2. The van der Waals surface area contributed by atoms with Gasteiger partial charge in [-0.1, -0.05) is 32.1 Å². The maximum Gasteiger partial charge on any atom is 0.305 e. The zero-order valence-electron chi connectivity index (χ0n) is 14.6. The Morgan fingerprint density at radius 2 is 1.48 bits per heavy atom. The zero-order valence-corrected chi connectivity index (χ0v) is 14.6. The Morgan fingerprint density at radius 3 is 2.22 bits per heavy atom. The maximum atomic E-state index is 11.1. The van der Waals surface area contributed by atoms with Crippen LogP contribution in [0, 0.1) is 53.3 Å². The molecule has 23 heavy (non-hydrogen) atoms. The summed E-state index contributed by atoms with van der Waals surface area (Å²) in [6, 6.07) is 0. The number of hydrogen-bond acceptors (Lipinski definition) is 2. The van der Waals surface area contributed by atoms with Crippen LogP contribution in [0.4, 0.5) is 0 Å². The first-order valence-electron chi connectivity index (χ1n) is 10.4. The fraction of sp³-hybridized carbons (Fsp3) is 0.952. The summed E-state index contributed by atoms with van der Waals surface area (Å²) in [5, 5.41) is 0. The van der Waals surface area contributed by atoms with E-state index in [1.165, 1.54) is 86.6 Å². The lowest BCUT2D eigenvalue weighted by molar-refractivity contribution is -0.375. The SMILES string of the molecule is COC(=O)CCCCCCC[C@H]1C[C@@H]2[C@H]3[C@@H]4[C@H]5CC[C@H]5[C@@H]4[C@@H]3[C@H]12. The molecule has 0 bridgehead atoms. The Hall–Kier alpha value is -0.530. The number of ether oxygens (including phenoxy) is 1. The van der Waals surface area contributed by atoms with Crippen LogP contribution in [0.1, 0.15) is 64.2 Å². The molecule has 2 heteroatoms. The summed E-state index contributed by atoms with van der Waals surface area (Å²) >= 11 is 0. The summed E-state index contributed by atoms with van der Waals surface area (Å²) in [5.74, 6) is 10.7. The number of carbonyl (C=O) groups excluding carboxylic acids is 1. The molecule has 0 saturated heterocycles. The Morgan fingerprint density at radius 1 is 0.826 bits per heavy atom. The number of esters is 1. The lowest BCUT2D eigenvalue weighted by Crippen LogP contribution is -2.80. The lowest BCUT2D eigenvalue weighted by Gasteiger charge is -2.85. The first-order chi connectivity index (χ1) is 11.3. The average Bonchev–Trinajstić information content (AvgIpc) is 2.51. The summed E-state index contributed by atoms with van der Waals surface area (Å²) in [5.41, 5.74) is 0. The monoisotopic (exact) mass is 316 g/mol. The minimum Gasteiger partial charge on any atom is -0.469 e. The molecule has 0 aliphatic heterocycles. The van der Waals surface area contributed by atoms with Crippen LogP contribution < -0.4 is 0 Å². The minimum atomic E-state index is -0.0476. The molecule has 5 saturated carbocycles. The van der Waals surface area contributed by atoms with Gasteiger partial charge in [0.1, 0.15) is 0 Å². The third-order valence-corrected chi connectivity index (χ3v) is 8.89. The summed E-state index contributed by atoms with van der Waals surface area (Å²) in [4.78, 5) is 11.1. The number of carbonyl (C=O) groups is 1. The Bertz CT molecular complexity index is 480. The fourth-order valence-electron chi connectivity index (χ4n) is 7.77. The molecule has 5 aliphatic rings. The predicted molar refractivity (Wildman–Crippen MR) is 89.6 cm³/mol. The molecule has 0 radical (unpaired) electrons. The Kier molecular flexibility index (Phi) is 3.53. The quantitative estimate of drug-likeness (QED) is 0.369. The van der Waals surface area contributed by atoms with Crippen LogP contribution in [-0.4, -0.2) is 13.1 Å². The van der Waals surface area contributed by atoms with Gasteiger partial charge in [0.25, 0.3) is 0 Å². The van der Waals surface area contributed by atoms with Crippen molar-refractivity contribution in [3.63, 3.8) is 0 Å². The average molecular weight is 316 g/mol. The van der Waals surface area contributed by atoms with Gasteiger partial charge in [0, 0.05) is 6.42 Å². The van der Waals surface area contributed by atoms with Gasteiger partial charge in [-0.3, -0.25) is 4.79 Å². The van der Waals surface area contributed by atoms with Crippen LogP contribution in [0.3, 0.4) is 0 Å². The highest BCUT2D eigenvalue weighted by Crippen LogP contribution is 2.84. The van der Waals surface area contributed by atoms with Crippen LogP contribution >= 0.6 is 0 Å². The molecule has 0 aromatic carbocycles. The zero-order chi connectivity index (χ0) is 15.6. The van der Waals surface area contributed by atoms with Gasteiger partial charge in [-0.25, -0.2) is 0 Å². The van der Waals surface area contributed by atoms with Crippen LogP contribution in [0.15, 0.2) is 0 Å². The molecular weight excluding hydrogens is 284 g/mol. The minimum absolute atomic E-state index is 0.0476. The van der Waals surface area contributed by atoms with Gasteiger partial charge in [0.2, 0.25) is 0 Å². The number of rotatable bonds is 8. The fourth-order valence-corrected chi connectivity index (χ4v) is 7.77. The smallest absolute Gasteiger partial charge is 0.305 e. The van der Waals surface area contributed by atoms with E-state index >= 15 is 0 Å². The van der Waals surface area contributed by atoms with E-state index in [2.05, 4.69) is 4.74 Å². The molecule has 9 atom stereocenters. The van der Waals surface area contributed by atoms with Crippen molar-refractivity contribution in [1.82, 2.24) is 0 Å². The molecular formula is C21H32O2. The van der Waals surface area contributed by atoms with E-state index < -0.39 is 0 Å². The predicted octanol–water partition coefficient (Wildman–Crippen LogP) is 4.67. The van der Waals surface area contributed by atoms with Crippen LogP contribution in [0.25, 0.3) is 0 Å². The van der Waals surface area contributed by atoms with Gasteiger partial charge in [-0.15, -0.1) is 0 Å². The number of fused-ring (bicyclic) bond motifs is 10. The van der Waals surface area contributed by atoms with Crippen molar-refractivity contribution in [3.05, 3.63) is 0 Å². The van der Waals surface area contributed by atoms with E-state index in [-0.39, 0.29) is 5.97 Å². The van der Waals surface area contributed by atoms with Crippen molar-refractivity contribution in [1.29, 1.82) is 0 Å². The highest BCUT2D eigenvalue weighted by molar-refractivity contribution is 5.68. The standard InChI is InChI=1S/C21H32O2/c1-23-16(22)8-6-4-2-3-5-7-12-11-15-17(12)21-19-14-10-9-13(14)18(19)20(15)21/h12-15,17-21H,2-11H2,1H3/t12-,13-,14+,15-,17+,18+,19-,20-,21-/m0/s1. The van der Waals surface area contributed by atoms with Gasteiger partial charge >= 0.3 is 5.97 Å². The van der Waals surface area contributed by atoms with Crippen molar-refractivity contribution in [2.24, 2.45) is 53.3 Å². The second-order valence-electron chi connectivity index (χ2n) is 9.33. The topological polar surface area (TPSA) is 26.3 Å². The molecule has 128 valence electrons. The summed E-state index contributed by atoms with van der Waals surface area (Å²) < 4.78 is 4.68. The van der Waals surface area contributed by atoms with E-state index in [1.54, 1.807) is 19.3 Å². The normalized spacial score (nSPS) is 50.4. The lowest BCUT2D eigenvalue weighted by atomic mass is 9.20. The first kappa shape index (κ1) is 14.8. The molecule has 5 fully saturated rings. The van der Waals surface area contributed by atoms with E-state index in [0.717, 1.165) is 12.3 Å². The number of methoxy groups -OCH3 is 1. The largest absolute Gasteiger partial charge is 0.469 e. The van der Waals surface area contributed by atoms with Crippen molar-refractivity contribution in [2.75, 3.05) is 7.11 Å². The molecule has 5 rings (SSSR count). The van der Waals surface area contributed by atoms with E-state index in [0.29, 0.717) is 6.42 Å². The van der Waals surface area contributed by atoms with Gasteiger partial charge in [-0.2, -0.15) is 0 Å². The third kappa shape index (κ3) is 1.96. The van der Waals surface area contributed by atoms with Crippen molar-refractivity contribution in [3.8, 4) is 0 Å². The molecule has 0 unspecified atom stereocenters. The molecule has 0 heterocycles. The number of unbranched alkanes of at least 4 members (excludes halogenated alkanes) is 4. The molecule has 0 aromatic rings. The van der Waals surface area contributed by atoms with Crippen molar-refractivity contribution >= 4 is 5.97 Å².